The van der Waals surface area contributed by atoms with Crippen LogP contribution < -0.4 is 5.32 Å². The van der Waals surface area contributed by atoms with Gasteiger partial charge < -0.3 is 10.2 Å². The Morgan fingerprint density at radius 2 is 2.09 bits per heavy atom. The van der Waals surface area contributed by atoms with Crippen LogP contribution in [0.25, 0.3) is 0 Å². The van der Waals surface area contributed by atoms with Gasteiger partial charge in [-0.15, -0.1) is 0 Å². The predicted octanol–water partition coefficient (Wildman–Crippen LogP) is 2.36. The van der Waals surface area contributed by atoms with Crippen LogP contribution in [0, 0.1) is 23.0 Å². The minimum Gasteiger partial charge on any atom is -0.338 e. The highest BCUT2D eigenvalue weighted by molar-refractivity contribution is 5.98. The number of aryl methyl sites for hydroxylation is 1. The third-order valence-corrected chi connectivity index (χ3v) is 4.36. The van der Waals surface area contributed by atoms with Gasteiger partial charge in [-0.3, -0.25) is 14.9 Å². The van der Waals surface area contributed by atoms with Crippen LogP contribution in [-0.2, 0) is 0 Å². The summed E-state index contributed by atoms with van der Waals surface area (Å²) in [6, 6.07) is 4.93. The molecule has 120 valence electrons. The second kappa shape index (κ2) is 7.35. The van der Waals surface area contributed by atoms with Crippen LogP contribution in [0.5, 0.6) is 0 Å². The number of benzene rings is 1. The van der Waals surface area contributed by atoms with Crippen molar-refractivity contribution in [3.05, 3.63) is 39.4 Å². The lowest BCUT2D eigenvalue weighted by Gasteiger charge is -2.32. The topological polar surface area (TPSA) is 75.5 Å². The molecule has 6 heteroatoms. The Balaban J connectivity index is 2.08. The van der Waals surface area contributed by atoms with Crippen molar-refractivity contribution in [2.45, 2.75) is 26.2 Å². The van der Waals surface area contributed by atoms with Crippen molar-refractivity contribution in [1.29, 1.82) is 0 Å². The molecule has 6 nitrogen and oxygen atoms in total. The number of nitro groups is 1. The van der Waals surface area contributed by atoms with Gasteiger partial charge in [-0.25, -0.2) is 0 Å². The zero-order chi connectivity index (χ0) is 16.1. The van der Waals surface area contributed by atoms with Gasteiger partial charge in [0.05, 0.1) is 4.92 Å². The van der Waals surface area contributed by atoms with E-state index in [0.717, 1.165) is 25.8 Å². The van der Waals surface area contributed by atoms with Crippen molar-refractivity contribution >= 4 is 11.6 Å². The lowest BCUT2D eigenvalue weighted by atomic mass is 9.93. The molecular weight excluding hydrogens is 282 g/mol. The molecule has 1 saturated heterocycles. The molecule has 0 bridgehead atoms. The van der Waals surface area contributed by atoms with Gasteiger partial charge >= 0.3 is 0 Å². The second-order valence-corrected chi connectivity index (χ2v) is 5.86. The fourth-order valence-corrected chi connectivity index (χ4v) is 3.02. The molecule has 1 fully saturated rings. The molecule has 0 saturated carbocycles. The van der Waals surface area contributed by atoms with Crippen LogP contribution in [0.15, 0.2) is 18.2 Å². The van der Waals surface area contributed by atoms with E-state index in [1.807, 2.05) is 7.05 Å². The number of nitrogens with one attached hydrogen (secondary N) is 1. The second-order valence-electron chi connectivity index (χ2n) is 5.86. The average Bonchev–Trinajstić information content (AvgIpc) is 2.52. The summed E-state index contributed by atoms with van der Waals surface area (Å²) in [6.07, 6.45) is 3.04. The number of rotatable bonds is 5. The smallest absolute Gasteiger partial charge is 0.285 e. The minimum absolute atomic E-state index is 0.0650. The summed E-state index contributed by atoms with van der Waals surface area (Å²) in [7, 11) is 1.94. The van der Waals surface area contributed by atoms with Crippen LogP contribution in [0.2, 0.25) is 0 Å². The molecule has 0 unspecified atom stereocenters. The van der Waals surface area contributed by atoms with Gasteiger partial charge in [-0.05, 0) is 51.8 Å². The maximum Gasteiger partial charge on any atom is 0.285 e. The highest BCUT2D eigenvalue weighted by Crippen LogP contribution is 2.27. The third-order valence-electron chi connectivity index (χ3n) is 4.36. The Labute approximate surface area is 130 Å². The number of nitrogens with zero attached hydrogens (tertiary/aromatic N) is 2. The van der Waals surface area contributed by atoms with E-state index >= 15 is 0 Å². The molecule has 0 radical (unpaired) electrons. The van der Waals surface area contributed by atoms with Gasteiger partial charge in [-0.2, -0.15) is 0 Å². The maximum atomic E-state index is 12.6. The minimum atomic E-state index is -0.456. The molecule has 0 aromatic heterocycles. The fourth-order valence-electron chi connectivity index (χ4n) is 3.02. The molecular formula is C16H23N3O3. The molecule has 22 heavy (non-hydrogen) atoms. The number of amides is 1. The first-order chi connectivity index (χ1) is 10.5. The summed E-state index contributed by atoms with van der Waals surface area (Å²) in [4.78, 5) is 25.1. The Morgan fingerprint density at radius 3 is 2.68 bits per heavy atom. The molecule has 1 N–H and O–H groups in total. The molecule has 1 aliphatic rings. The van der Waals surface area contributed by atoms with E-state index in [4.69, 9.17) is 0 Å². The number of hydrogen-bond donors (Lipinski definition) is 1. The summed E-state index contributed by atoms with van der Waals surface area (Å²) < 4.78 is 0. The summed E-state index contributed by atoms with van der Waals surface area (Å²) in [5.41, 5.74) is 0.670. The third kappa shape index (κ3) is 3.62. The molecule has 1 amide bonds. The van der Waals surface area contributed by atoms with Crippen molar-refractivity contribution < 1.29 is 9.72 Å². The van der Waals surface area contributed by atoms with E-state index in [9.17, 15) is 14.9 Å². The standard InChI is InChI=1S/C16H23N3O3/c1-12-4-3-5-14(15(12)19(21)22)16(20)18-10-7-13(8-11-18)6-9-17-2/h3-5,13,17H,6-11H2,1-2H3. The molecule has 1 aromatic carbocycles. The maximum absolute atomic E-state index is 12.6. The molecule has 2 rings (SSSR count). The first-order valence-electron chi connectivity index (χ1n) is 7.72. The van der Waals surface area contributed by atoms with E-state index < -0.39 is 4.92 Å². The van der Waals surface area contributed by atoms with Crippen molar-refractivity contribution in [3.63, 3.8) is 0 Å². The Hall–Kier alpha value is -1.95. The quantitative estimate of drug-likeness (QED) is 0.669. The number of hydrogen-bond acceptors (Lipinski definition) is 4. The molecule has 1 heterocycles. The Morgan fingerprint density at radius 1 is 1.41 bits per heavy atom. The summed E-state index contributed by atoms with van der Waals surface area (Å²) in [5.74, 6) is 0.409. The zero-order valence-electron chi connectivity index (χ0n) is 13.2. The lowest BCUT2D eigenvalue weighted by molar-refractivity contribution is -0.385. The number of piperidine rings is 1. The van der Waals surface area contributed by atoms with Crippen LogP contribution in [0.3, 0.4) is 0 Å². The van der Waals surface area contributed by atoms with Gasteiger partial charge in [0, 0.05) is 18.7 Å². The van der Waals surface area contributed by atoms with E-state index in [1.165, 1.54) is 0 Å². The van der Waals surface area contributed by atoms with Crippen molar-refractivity contribution in [2.75, 3.05) is 26.7 Å². The van der Waals surface area contributed by atoms with Crippen molar-refractivity contribution in [3.8, 4) is 0 Å². The molecule has 0 aliphatic carbocycles. The predicted molar refractivity (Wildman–Crippen MR) is 85.0 cm³/mol. The van der Waals surface area contributed by atoms with Crippen LogP contribution in [0.1, 0.15) is 35.2 Å². The van der Waals surface area contributed by atoms with Gasteiger partial charge in [-0.1, -0.05) is 12.1 Å². The normalized spacial score (nSPS) is 15.8. The Bertz CT molecular complexity index is 552. The molecule has 1 aliphatic heterocycles. The van der Waals surface area contributed by atoms with Gasteiger partial charge in [0.25, 0.3) is 11.6 Å². The number of para-hydroxylation sites is 1. The number of carbonyl (C=O) groups is 1. The highest BCUT2D eigenvalue weighted by atomic mass is 16.6. The highest BCUT2D eigenvalue weighted by Gasteiger charge is 2.28. The fraction of sp³-hybridized carbons (Fsp3) is 0.562. The molecule has 0 spiro atoms. The summed E-state index contributed by atoms with van der Waals surface area (Å²) >= 11 is 0. The van der Waals surface area contributed by atoms with E-state index in [0.29, 0.717) is 24.6 Å². The van der Waals surface area contributed by atoms with E-state index in [1.54, 1.807) is 30.0 Å². The molecule has 1 aromatic rings. The van der Waals surface area contributed by atoms with Crippen molar-refractivity contribution in [2.24, 2.45) is 5.92 Å². The van der Waals surface area contributed by atoms with Gasteiger partial charge in [0.15, 0.2) is 0 Å². The van der Waals surface area contributed by atoms with E-state index in [2.05, 4.69) is 5.32 Å². The van der Waals surface area contributed by atoms with Crippen LogP contribution in [-0.4, -0.2) is 42.4 Å². The SMILES string of the molecule is CNCCC1CCN(C(=O)c2cccc(C)c2[N+](=O)[O-])CC1. The lowest BCUT2D eigenvalue weighted by Crippen LogP contribution is -2.39. The largest absolute Gasteiger partial charge is 0.338 e. The average molecular weight is 305 g/mol. The zero-order valence-corrected chi connectivity index (χ0v) is 13.2. The van der Waals surface area contributed by atoms with Crippen LogP contribution >= 0.6 is 0 Å². The number of likely N-dealkylation sites (tertiary alicyclic amines) is 1. The van der Waals surface area contributed by atoms with Crippen molar-refractivity contribution in [1.82, 2.24) is 10.2 Å². The first-order valence-corrected chi connectivity index (χ1v) is 7.72. The van der Waals surface area contributed by atoms with E-state index in [-0.39, 0.29) is 17.2 Å². The first kappa shape index (κ1) is 16.4. The van der Waals surface area contributed by atoms with Gasteiger partial charge in [0.2, 0.25) is 0 Å². The number of carbonyl (C=O) groups excluding carboxylic acids is 1. The Kier molecular flexibility index (Phi) is 5.49. The number of nitro benzene ring substituents is 1. The summed E-state index contributed by atoms with van der Waals surface area (Å²) in [5, 5.41) is 14.4. The summed E-state index contributed by atoms with van der Waals surface area (Å²) in [6.45, 7) is 4.01. The van der Waals surface area contributed by atoms with Gasteiger partial charge in [0.1, 0.15) is 5.56 Å². The van der Waals surface area contributed by atoms with Crippen LogP contribution in [0.4, 0.5) is 5.69 Å². The molecule has 0 atom stereocenters. The monoisotopic (exact) mass is 305 g/mol.